The van der Waals surface area contributed by atoms with Crippen LogP contribution in [0.15, 0.2) is 237 Å². The van der Waals surface area contributed by atoms with Crippen molar-refractivity contribution in [2.45, 2.75) is 0 Å². The molecule has 278 valence electrons. The highest BCUT2D eigenvalue weighted by Crippen LogP contribution is 2.38. The van der Waals surface area contributed by atoms with Crippen LogP contribution in [0.1, 0.15) is 33.4 Å². The molecule has 9 aromatic carbocycles. The Morgan fingerprint density at radius 3 is 0.932 bits per heavy atom. The molecule has 0 aliphatic rings. The zero-order valence-corrected chi connectivity index (χ0v) is 32.6. The molecular weight excluding hydrogens is 711 g/mol. The summed E-state index contributed by atoms with van der Waals surface area (Å²) >= 11 is 0. The number of para-hydroxylation sites is 1. The maximum absolute atomic E-state index is 2.42. The van der Waals surface area contributed by atoms with Crippen molar-refractivity contribution in [3.05, 3.63) is 270 Å². The molecule has 0 N–H and O–H groups in total. The van der Waals surface area contributed by atoms with Crippen LogP contribution < -0.4 is 0 Å². The van der Waals surface area contributed by atoms with Crippen molar-refractivity contribution in [2.24, 2.45) is 0 Å². The van der Waals surface area contributed by atoms with E-state index in [1.54, 1.807) is 0 Å². The number of fused-ring (bicyclic) bond motifs is 3. The van der Waals surface area contributed by atoms with E-state index in [4.69, 9.17) is 0 Å². The molecule has 0 atom stereocenters. The van der Waals surface area contributed by atoms with Gasteiger partial charge >= 0.3 is 0 Å². The van der Waals surface area contributed by atoms with Gasteiger partial charge in [-0.2, -0.15) is 0 Å². The van der Waals surface area contributed by atoms with E-state index in [0.717, 1.165) is 5.69 Å². The van der Waals surface area contributed by atoms with Crippen LogP contribution in [0.25, 0.3) is 73.0 Å². The normalized spacial score (nSPS) is 11.1. The molecular formula is C58H41N. The minimum absolute atomic E-state index is 1.14. The molecule has 10 aromatic rings. The van der Waals surface area contributed by atoms with Crippen molar-refractivity contribution in [2.75, 3.05) is 0 Å². The molecule has 0 saturated carbocycles. The van der Waals surface area contributed by atoms with Gasteiger partial charge in [-0.1, -0.05) is 212 Å². The first-order chi connectivity index (χ1) is 29.2. The van der Waals surface area contributed by atoms with E-state index in [0.29, 0.717) is 0 Å². The summed E-state index contributed by atoms with van der Waals surface area (Å²) in [5.74, 6) is 0. The van der Waals surface area contributed by atoms with Gasteiger partial charge in [-0.25, -0.2) is 0 Å². The summed E-state index contributed by atoms with van der Waals surface area (Å²) in [5, 5.41) is 2.48. The molecule has 1 nitrogen and oxygen atoms in total. The van der Waals surface area contributed by atoms with Gasteiger partial charge in [0.05, 0.1) is 11.0 Å². The lowest BCUT2D eigenvalue weighted by molar-refractivity contribution is 1.18. The average Bonchev–Trinajstić information content (AvgIpc) is 3.65. The molecule has 0 radical (unpaired) electrons. The largest absolute Gasteiger partial charge is 0.309 e. The predicted octanol–water partition coefficient (Wildman–Crippen LogP) is 15.3. The number of aromatic nitrogens is 1. The number of rotatable bonds is 9. The highest BCUT2D eigenvalue weighted by molar-refractivity contribution is 6.11. The molecule has 1 aromatic heterocycles. The monoisotopic (exact) mass is 751 g/mol. The Balaban J connectivity index is 1.01. The highest BCUT2D eigenvalue weighted by Gasteiger charge is 2.15. The lowest BCUT2D eigenvalue weighted by Gasteiger charge is -2.11. The summed E-state index contributed by atoms with van der Waals surface area (Å²) < 4.78 is 2.42. The zero-order chi connectivity index (χ0) is 39.4. The molecule has 1 heterocycles. The molecule has 10 rings (SSSR count). The van der Waals surface area contributed by atoms with Crippen LogP contribution >= 0.6 is 0 Å². The van der Waals surface area contributed by atoms with E-state index in [2.05, 4.69) is 253 Å². The second-order valence-electron chi connectivity index (χ2n) is 15.0. The van der Waals surface area contributed by atoms with Crippen LogP contribution in [0.2, 0.25) is 0 Å². The summed E-state index contributed by atoms with van der Waals surface area (Å²) in [6.45, 7) is 0. The molecule has 0 amide bonds. The van der Waals surface area contributed by atoms with E-state index < -0.39 is 0 Å². The van der Waals surface area contributed by atoms with Gasteiger partial charge in [0.1, 0.15) is 0 Å². The highest BCUT2D eigenvalue weighted by atomic mass is 15.0. The number of hydrogen-bond donors (Lipinski definition) is 0. The summed E-state index contributed by atoms with van der Waals surface area (Å²) in [5.41, 5.74) is 17.8. The predicted molar refractivity (Wildman–Crippen MR) is 251 cm³/mol. The number of benzene rings is 9. The van der Waals surface area contributed by atoms with Crippen LogP contribution in [0.3, 0.4) is 0 Å². The maximum Gasteiger partial charge on any atom is 0.0547 e. The molecule has 0 spiro atoms. The lowest BCUT2D eigenvalue weighted by atomic mass is 9.95. The van der Waals surface area contributed by atoms with Crippen LogP contribution in [-0.2, 0) is 0 Å². The van der Waals surface area contributed by atoms with Crippen molar-refractivity contribution in [1.82, 2.24) is 4.57 Å². The lowest BCUT2D eigenvalue weighted by Crippen LogP contribution is -1.94. The minimum atomic E-state index is 1.14. The van der Waals surface area contributed by atoms with Crippen LogP contribution in [0, 0.1) is 0 Å². The van der Waals surface area contributed by atoms with Gasteiger partial charge in [0.15, 0.2) is 0 Å². The summed E-state index contributed by atoms with van der Waals surface area (Å²) in [7, 11) is 0. The number of hydrogen-bond acceptors (Lipinski definition) is 0. The van der Waals surface area contributed by atoms with Gasteiger partial charge in [0.2, 0.25) is 0 Å². The Morgan fingerprint density at radius 2 is 0.593 bits per heavy atom. The fourth-order valence-corrected chi connectivity index (χ4v) is 8.25. The van der Waals surface area contributed by atoms with Crippen molar-refractivity contribution in [1.29, 1.82) is 0 Å². The van der Waals surface area contributed by atoms with Gasteiger partial charge in [-0.05, 0) is 103 Å². The fourth-order valence-electron chi connectivity index (χ4n) is 8.25. The maximum atomic E-state index is 2.42. The third-order valence-electron chi connectivity index (χ3n) is 11.2. The third kappa shape index (κ3) is 7.34. The van der Waals surface area contributed by atoms with Crippen molar-refractivity contribution >= 4 is 45.1 Å². The van der Waals surface area contributed by atoms with E-state index in [-0.39, 0.29) is 0 Å². The van der Waals surface area contributed by atoms with Crippen LogP contribution in [0.4, 0.5) is 0 Å². The van der Waals surface area contributed by atoms with Crippen LogP contribution in [-0.4, -0.2) is 4.57 Å². The quantitative estimate of drug-likeness (QED) is 0.129. The smallest absolute Gasteiger partial charge is 0.0547 e. The van der Waals surface area contributed by atoms with Crippen LogP contribution in [0.5, 0.6) is 0 Å². The van der Waals surface area contributed by atoms with E-state index in [9.17, 15) is 0 Å². The first kappa shape index (κ1) is 35.7. The average molecular weight is 752 g/mol. The molecule has 0 unspecified atom stereocenters. The van der Waals surface area contributed by atoms with Crippen molar-refractivity contribution in [3.8, 4) is 27.9 Å². The Morgan fingerprint density at radius 1 is 0.288 bits per heavy atom. The first-order valence-corrected chi connectivity index (χ1v) is 20.2. The first-order valence-electron chi connectivity index (χ1n) is 20.2. The second kappa shape index (κ2) is 16.0. The molecule has 0 aliphatic carbocycles. The number of nitrogens with zero attached hydrogens (tertiary/aromatic N) is 1. The van der Waals surface area contributed by atoms with Crippen molar-refractivity contribution < 1.29 is 0 Å². The fraction of sp³-hybridized carbons (Fsp3) is 0. The Labute approximate surface area is 346 Å². The standard InChI is InChI=1S/C58H41N/c1-6-16-46(17-7-1)55(47-18-8-2-9-19-47)38-42-26-30-44(31-27-42)50-34-36-53-54-37-35-51(41-58(54)59(57(53)40-50)52-24-14-5-15-25-52)45-32-28-43(29-33-45)39-56(48-20-10-3-11-21-48)49-22-12-4-13-23-49/h1-41H. The Bertz CT molecular complexity index is 2790. The van der Waals surface area contributed by atoms with Crippen molar-refractivity contribution in [3.63, 3.8) is 0 Å². The van der Waals surface area contributed by atoms with E-state index in [1.165, 1.54) is 88.6 Å². The van der Waals surface area contributed by atoms with Gasteiger partial charge in [0, 0.05) is 16.5 Å². The molecule has 0 fully saturated rings. The topological polar surface area (TPSA) is 4.93 Å². The summed E-state index contributed by atoms with van der Waals surface area (Å²) in [4.78, 5) is 0. The Kier molecular flexibility index (Phi) is 9.68. The SMILES string of the molecule is C(=C(c1ccccc1)c1ccccc1)c1ccc(-c2ccc3c4ccc(-c5ccc(C=C(c6ccccc6)c6ccccc6)cc5)cc4n(-c4ccccc4)c3c2)cc1. The molecule has 0 aliphatic heterocycles. The molecule has 0 saturated heterocycles. The minimum Gasteiger partial charge on any atom is -0.309 e. The summed E-state index contributed by atoms with van der Waals surface area (Å²) in [6.07, 6.45) is 4.58. The van der Waals surface area contributed by atoms with Gasteiger partial charge < -0.3 is 4.57 Å². The van der Waals surface area contributed by atoms with Gasteiger partial charge in [-0.3, -0.25) is 0 Å². The van der Waals surface area contributed by atoms with E-state index in [1.807, 2.05) is 0 Å². The summed E-state index contributed by atoms with van der Waals surface area (Å²) in [6, 6.07) is 85.0. The molecule has 59 heavy (non-hydrogen) atoms. The molecule has 0 bridgehead atoms. The second-order valence-corrected chi connectivity index (χ2v) is 15.0. The van der Waals surface area contributed by atoms with Gasteiger partial charge in [0.25, 0.3) is 0 Å². The Hall–Kier alpha value is -7.74. The zero-order valence-electron chi connectivity index (χ0n) is 32.6. The van der Waals surface area contributed by atoms with E-state index >= 15 is 0 Å². The third-order valence-corrected chi connectivity index (χ3v) is 11.2. The van der Waals surface area contributed by atoms with Gasteiger partial charge in [-0.15, -0.1) is 0 Å². The molecule has 1 heteroatoms.